The largest absolute Gasteiger partial charge is 0.494 e. The Morgan fingerprint density at radius 2 is 1.69 bits per heavy atom. The van der Waals surface area contributed by atoms with Gasteiger partial charge >= 0.3 is 0 Å². The van der Waals surface area contributed by atoms with Crippen LogP contribution < -0.4 is 14.2 Å². The van der Waals surface area contributed by atoms with E-state index in [0.717, 1.165) is 0 Å². The summed E-state index contributed by atoms with van der Waals surface area (Å²) in [5, 5.41) is 0.231. The van der Waals surface area contributed by atoms with Crippen LogP contribution in [0.3, 0.4) is 0 Å². The van der Waals surface area contributed by atoms with Crippen molar-refractivity contribution in [2.24, 2.45) is 0 Å². The summed E-state index contributed by atoms with van der Waals surface area (Å²) in [5.41, 5.74) is 0.366. The van der Waals surface area contributed by atoms with Crippen LogP contribution in [0.15, 0.2) is 6.07 Å². The summed E-state index contributed by atoms with van der Waals surface area (Å²) < 4.78 is 15.3. The molecule has 0 saturated heterocycles. The lowest BCUT2D eigenvalue weighted by Crippen LogP contribution is -2.02. The quantitative estimate of drug-likeness (QED) is 0.764. The average Bonchev–Trinajstić information content (AvgIpc) is 2.27. The fourth-order valence-electron chi connectivity index (χ4n) is 1.39. The van der Waals surface area contributed by atoms with Crippen molar-refractivity contribution in [1.82, 2.24) is 0 Å². The fraction of sp³-hybridized carbons (Fsp3) is 0.364. The molecule has 0 aromatic heterocycles. The number of halogens is 1. The Bertz CT molecular complexity index is 415. The second-order valence-corrected chi connectivity index (χ2v) is 3.44. The van der Waals surface area contributed by atoms with E-state index in [1.807, 2.05) is 0 Å². The van der Waals surface area contributed by atoms with Gasteiger partial charge in [0, 0.05) is 0 Å². The van der Waals surface area contributed by atoms with Crippen LogP contribution >= 0.6 is 11.6 Å². The van der Waals surface area contributed by atoms with E-state index in [-0.39, 0.29) is 10.8 Å². The molecule has 0 saturated carbocycles. The third-order valence-electron chi connectivity index (χ3n) is 2.15. The Hall–Kier alpha value is -1.42. The molecule has 88 valence electrons. The molecule has 1 aromatic rings. The number of carbonyl (C=O) groups excluding carboxylic acids is 1. The topological polar surface area (TPSA) is 44.8 Å². The number of benzene rings is 1. The van der Waals surface area contributed by atoms with Gasteiger partial charge in [0.05, 0.1) is 26.9 Å². The Kier molecular flexibility index (Phi) is 4.01. The molecule has 0 aliphatic rings. The monoisotopic (exact) mass is 244 g/mol. The number of ether oxygens (including phenoxy) is 3. The molecule has 0 fully saturated rings. The van der Waals surface area contributed by atoms with Gasteiger partial charge in [0.25, 0.3) is 0 Å². The summed E-state index contributed by atoms with van der Waals surface area (Å²) in [6, 6.07) is 1.55. The maximum atomic E-state index is 11.4. The standard InChI is InChI=1S/C11H13ClO4/c1-6(13)7-5-8(14-2)11(16-4)9(12)10(7)15-3/h5H,1-4H3. The molecule has 0 aliphatic carbocycles. The maximum Gasteiger partial charge on any atom is 0.183 e. The Morgan fingerprint density at radius 1 is 1.12 bits per heavy atom. The molecule has 0 bridgehead atoms. The molecule has 0 atom stereocenters. The van der Waals surface area contributed by atoms with Crippen LogP contribution in [0.25, 0.3) is 0 Å². The number of hydrogen-bond donors (Lipinski definition) is 0. The van der Waals surface area contributed by atoms with Crippen LogP contribution in [-0.4, -0.2) is 27.1 Å². The van der Waals surface area contributed by atoms with E-state index in [0.29, 0.717) is 22.8 Å². The summed E-state index contributed by atoms with van der Waals surface area (Å²) in [7, 11) is 4.39. The van der Waals surface area contributed by atoms with Crippen molar-refractivity contribution >= 4 is 17.4 Å². The van der Waals surface area contributed by atoms with Crippen LogP contribution in [0.5, 0.6) is 17.2 Å². The van der Waals surface area contributed by atoms with Gasteiger partial charge in [0.1, 0.15) is 5.02 Å². The van der Waals surface area contributed by atoms with Gasteiger partial charge in [-0.1, -0.05) is 11.6 Å². The molecule has 1 aromatic carbocycles. The number of rotatable bonds is 4. The maximum absolute atomic E-state index is 11.4. The minimum atomic E-state index is -0.153. The van der Waals surface area contributed by atoms with E-state index in [9.17, 15) is 4.79 Å². The highest BCUT2D eigenvalue weighted by atomic mass is 35.5. The second-order valence-electron chi connectivity index (χ2n) is 3.06. The van der Waals surface area contributed by atoms with Crippen LogP contribution in [0.4, 0.5) is 0 Å². The van der Waals surface area contributed by atoms with Gasteiger partial charge in [-0.25, -0.2) is 0 Å². The van der Waals surface area contributed by atoms with E-state index in [1.165, 1.54) is 28.3 Å². The molecule has 0 heterocycles. The van der Waals surface area contributed by atoms with Gasteiger partial charge in [0.2, 0.25) is 0 Å². The van der Waals surface area contributed by atoms with E-state index in [4.69, 9.17) is 25.8 Å². The van der Waals surface area contributed by atoms with Gasteiger partial charge in [-0.15, -0.1) is 0 Å². The van der Waals surface area contributed by atoms with Gasteiger partial charge < -0.3 is 14.2 Å². The van der Waals surface area contributed by atoms with Crippen LogP contribution in [-0.2, 0) is 0 Å². The van der Waals surface area contributed by atoms with E-state index in [1.54, 1.807) is 6.07 Å². The number of ketones is 1. The lowest BCUT2D eigenvalue weighted by molar-refractivity contribution is 0.101. The van der Waals surface area contributed by atoms with Crippen molar-refractivity contribution in [1.29, 1.82) is 0 Å². The Balaban J connectivity index is 3.54. The van der Waals surface area contributed by atoms with Crippen molar-refractivity contribution in [3.05, 3.63) is 16.7 Å². The first kappa shape index (κ1) is 12.6. The fourth-order valence-corrected chi connectivity index (χ4v) is 1.74. The Labute approximate surface area is 99.1 Å². The van der Waals surface area contributed by atoms with Crippen molar-refractivity contribution in [2.75, 3.05) is 21.3 Å². The summed E-state index contributed by atoms with van der Waals surface area (Å²) in [6.45, 7) is 1.43. The summed E-state index contributed by atoms with van der Waals surface area (Å²) in [4.78, 5) is 11.4. The predicted octanol–water partition coefficient (Wildman–Crippen LogP) is 2.57. The minimum absolute atomic E-state index is 0.153. The zero-order valence-corrected chi connectivity index (χ0v) is 10.3. The van der Waals surface area contributed by atoms with Crippen molar-refractivity contribution in [2.45, 2.75) is 6.92 Å². The highest BCUT2D eigenvalue weighted by Gasteiger charge is 2.20. The molecular weight excluding hydrogens is 232 g/mol. The van der Waals surface area contributed by atoms with E-state index in [2.05, 4.69) is 0 Å². The average molecular weight is 245 g/mol. The molecular formula is C11H13ClO4. The molecule has 0 radical (unpaired) electrons. The first-order chi connectivity index (χ1) is 7.56. The Morgan fingerprint density at radius 3 is 2.06 bits per heavy atom. The predicted molar refractivity (Wildman–Crippen MR) is 61.1 cm³/mol. The lowest BCUT2D eigenvalue weighted by atomic mass is 10.1. The first-order valence-corrected chi connectivity index (χ1v) is 4.94. The van der Waals surface area contributed by atoms with Gasteiger partial charge in [0.15, 0.2) is 23.0 Å². The molecule has 0 aliphatic heterocycles. The third-order valence-corrected chi connectivity index (χ3v) is 2.49. The van der Waals surface area contributed by atoms with Crippen LogP contribution in [0, 0.1) is 0 Å². The molecule has 16 heavy (non-hydrogen) atoms. The second kappa shape index (κ2) is 5.07. The summed E-state index contributed by atoms with van der Waals surface area (Å²) >= 11 is 6.06. The molecule has 1 rings (SSSR count). The number of Topliss-reactive ketones (excluding diaryl/α,β-unsaturated/α-hetero) is 1. The van der Waals surface area contributed by atoms with Crippen molar-refractivity contribution in [3.8, 4) is 17.2 Å². The zero-order chi connectivity index (χ0) is 12.3. The zero-order valence-electron chi connectivity index (χ0n) is 9.59. The number of hydrogen-bond acceptors (Lipinski definition) is 4. The molecule has 0 spiro atoms. The highest BCUT2D eigenvalue weighted by Crippen LogP contribution is 2.43. The van der Waals surface area contributed by atoms with Gasteiger partial charge in [-0.3, -0.25) is 4.79 Å². The molecule has 0 amide bonds. The van der Waals surface area contributed by atoms with Gasteiger partial charge in [-0.2, -0.15) is 0 Å². The van der Waals surface area contributed by atoms with E-state index >= 15 is 0 Å². The van der Waals surface area contributed by atoms with Gasteiger partial charge in [-0.05, 0) is 13.0 Å². The SMILES string of the molecule is COc1cc(C(C)=O)c(OC)c(Cl)c1OC. The highest BCUT2D eigenvalue weighted by molar-refractivity contribution is 6.34. The van der Waals surface area contributed by atoms with Crippen molar-refractivity contribution < 1.29 is 19.0 Å². The lowest BCUT2D eigenvalue weighted by Gasteiger charge is -2.14. The van der Waals surface area contributed by atoms with Crippen LogP contribution in [0.2, 0.25) is 5.02 Å². The molecule has 0 N–H and O–H groups in total. The molecule has 4 nitrogen and oxygen atoms in total. The van der Waals surface area contributed by atoms with Crippen molar-refractivity contribution in [3.63, 3.8) is 0 Å². The summed E-state index contributed by atoms with van der Waals surface area (Å²) in [5.74, 6) is 0.899. The molecule has 0 unspecified atom stereocenters. The minimum Gasteiger partial charge on any atom is -0.494 e. The normalized spacial score (nSPS) is 9.81. The molecule has 5 heteroatoms. The van der Waals surface area contributed by atoms with E-state index < -0.39 is 0 Å². The first-order valence-electron chi connectivity index (χ1n) is 4.56. The number of carbonyl (C=O) groups is 1. The third kappa shape index (κ3) is 2.07. The van der Waals surface area contributed by atoms with Crippen LogP contribution in [0.1, 0.15) is 17.3 Å². The number of methoxy groups -OCH3 is 3. The smallest absolute Gasteiger partial charge is 0.183 e. The summed E-state index contributed by atoms with van der Waals surface area (Å²) in [6.07, 6.45) is 0.